The average molecular weight is 475 g/mol. The van der Waals surface area contributed by atoms with Gasteiger partial charge in [-0.3, -0.25) is 14.8 Å². The number of nitrogens with two attached hydrogens (primary N) is 1. The molecule has 2 aliphatic heterocycles. The Morgan fingerprint density at radius 1 is 1.31 bits per heavy atom. The fourth-order valence-corrected chi connectivity index (χ4v) is 4.08. The van der Waals surface area contributed by atoms with E-state index in [0.717, 1.165) is 37.7 Å². The summed E-state index contributed by atoms with van der Waals surface area (Å²) in [5, 5.41) is 3.33. The van der Waals surface area contributed by atoms with Gasteiger partial charge in [-0.2, -0.15) is 0 Å². The molecule has 6 nitrogen and oxygen atoms in total. The van der Waals surface area contributed by atoms with Gasteiger partial charge in [-0.1, -0.05) is 6.92 Å². The maximum atomic E-state index is 6.14. The van der Waals surface area contributed by atoms with Crippen molar-refractivity contribution >= 4 is 29.9 Å². The molecule has 7 heteroatoms. The van der Waals surface area contributed by atoms with E-state index in [2.05, 4.69) is 33.1 Å². The van der Waals surface area contributed by atoms with Gasteiger partial charge in [0.05, 0.1) is 12.6 Å². The second kappa shape index (κ2) is 10.5. The molecule has 0 aliphatic carbocycles. The van der Waals surface area contributed by atoms with Gasteiger partial charge >= 0.3 is 0 Å². The van der Waals surface area contributed by atoms with E-state index in [1.54, 1.807) is 0 Å². The zero-order chi connectivity index (χ0) is 17.6. The van der Waals surface area contributed by atoms with Gasteiger partial charge in [0.25, 0.3) is 0 Å². The van der Waals surface area contributed by atoms with Gasteiger partial charge in [0.15, 0.2) is 5.96 Å². The smallest absolute Gasteiger partial charge is 0.188 e. The summed E-state index contributed by atoms with van der Waals surface area (Å²) in [5.74, 6) is 2.51. The van der Waals surface area contributed by atoms with Gasteiger partial charge in [0.2, 0.25) is 0 Å². The SMILES string of the molecule is CCN1CCCC1CNC(N)=NCC(c1ccc(C)o1)N1CCCC1.I. The molecule has 26 heavy (non-hydrogen) atoms. The lowest BCUT2D eigenvalue weighted by atomic mass is 10.2. The van der Waals surface area contributed by atoms with Crippen molar-refractivity contribution in [2.45, 2.75) is 51.6 Å². The number of rotatable bonds is 7. The topological polar surface area (TPSA) is 70.0 Å². The molecule has 0 bridgehead atoms. The van der Waals surface area contributed by atoms with Gasteiger partial charge in [0, 0.05) is 12.6 Å². The number of furan rings is 1. The summed E-state index contributed by atoms with van der Waals surface area (Å²) in [5.41, 5.74) is 6.14. The van der Waals surface area contributed by atoms with Gasteiger partial charge in [-0.05, 0) is 70.9 Å². The highest BCUT2D eigenvalue weighted by Crippen LogP contribution is 2.26. The minimum atomic E-state index is 0. The molecule has 148 valence electrons. The average Bonchev–Trinajstić information content (AvgIpc) is 3.35. The number of nitrogens with one attached hydrogen (secondary N) is 1. The zero-order valence-electron chi connectivity index (χ0n) is 16.1. The minimum absolute atomic E-state index is 0. The van der Waals surface area contributed by atoms with Crippen LogP contribution in [0.3, 0.4) is 0 Å². The van der Waals surface area contributed by atoms with Crippen molar-refractivity contribution < 1.29 is 4.42 Å². The van der Waals surface area contributed by atoms with Crippen molar-refractivity contribution in [2.24, 2.45) is 10.7 Å². The summed E-state index contributed by atoms with van der Waals surface area (Å²) in [6, 6.07) is 4.88. The monoisotopic (exact) mass is 475 g/mol. The number of likely N-dealkylation sites (N-methyl/N-ethyl adjacent to an activating group) is 1. The normalized spacial score (nSPS) is 23.2. The quantitative estimate of drug-likeness (QED) is 0.361. The standard InChI is InChI=1S/C19H33N5O.HI/c1-3-23-12-6-7-16(23)13-21-19(20)22-14-17(24-10-4-5-11-24)18-9-8-15(2)25-18;/h8-9,16-17H,3-7,10-14H2,1-2H3,(H3,20,21,22);1H. The Kier molecular flexibility index (Phi) is 8.69. The van der Waals surface area contributed by atoms with Crippen LogP contribution in [0.15, 0.2) is 21.5 Å². The van der Waals surface area contributed by atoms with Gasteiger partial charge in [-0.25, -0.2) is 0 Å². The summed E-state index contributed by atoms with van der Waals surface area (Å²) in [7, 11) is 0. The number of halogens is 1. The van der Waals surface area contributed by atoms with Crippen molar-refractivity contribution in [3.05, 3.63) is 23.7 Å². The summed E-state index contributed by atoms with van der Waals surface area (Å²) >= 11 is 0. The van der Waals surface area contributed by atoms with Crippen molar-refractivity contribution in [1.29, 1.82) is 0 Å². The van der Waals surface area contributed by atoms with Crippen LogP contribution in [0, 0.1) is 6.92 Å². The van der Waals surface area contributed by atoms with E-state index in [-0.39, 0.29) is 30.0 Å². The molecular weight excluding hydrogens is 441 g/mol. The fraction of sp³-hybridized carbons (Fsp3) is 0.737. The number of nitrogens with zero attached hydrogens (tertiary/aromatic N) is 3. The molecule has 2 unspecified atom stereocenters. The van der Waals surface area contributed by atoms with Crippen LogP contribution >= 0.6 is 24.0 Å². The van der Waals surface area contributed by atoms with Crippen molar-refractivity contribution in [1.82, 2.24) is 15.1 Å². The van der Waals surface area contributed by atoms with Crippen LogP contribution in [0.1, 0.15) is 50.2 Å². The highest BCUT2D eigenvalue weighted by atomic mass is 127. The van der Waals surface area contributed by atoms with E-state index >= 15 is 0 Å². The second-order valence-electron chi connectivity index (χ2n) is 7.24. The van der Waals surface area contributed by atoms with Crippen LogP contribution < -0.4 is 11.1 Å². The third-order valence-corrected chi connectivity index (χ3v) is 5.53. The third-order valence-electron chi connectivity index (χ3n) is 5.53. The molecule has 2 fully saturated rings. The van der Waals surface area contributed by atoms with Gasteiger partial charge in [-0.15, -0.1) is 24.0 Å². The maximum Gasteiger partial charge on any atom is 0.188 e. The van der Waals surface area contributed by atoms with Gasteiger partial charge in [0.1, 0.15) is 11.5 Å². The number of hydrogen-bond donors (Lipinski definition) is 2. The predicted octanol–water partition coefficient (Wildman–Crippen LogP) is 2.73. The molecule has 2 aliphatic rings. The van der Waals surface area contributed by atoms with E-state index in [9.17, 15) is 0 Å². The van der Waals surface area contributed by atoms with E-state index in [1.807, 2.05) is 13.0 Å². The molecule has 3 N–H and O–H groups in total. The Morgan fingerprint density at radius 3 is 2.73 bits per heavy atom. The molecule has 3 rings (SSSR count). The first-order valence-electron chi connectivity index (χ1n) is 9.75. The Bertz CT molecular complexity index is 570. The summed E-state index contributed by atoms with van der Waals surface area (Å²) in [4.78, 5) is 9.61. The summed E-state index contributed by atoms with van der Waals surface area (Å²) in [6.45, 7) is 10.3. The number of aryl methyl sites for hydroxylation is 1. The Balaban J connectivity index is 0.00000243. The van der Waals surface area contributed by atoms with E-state index in [0.29, 0.717) is 18.5 Å². The third kappa shape index (κ3) is 5.60. The van der Waals surface area contributed by atoms with Gasteiger partial charge < -0.3 is 15.5 Å². The summed E-state index contributed by atoms with van der Waals surface area (Å²) in [6.07, 6.45) is 5.03. The first-order valence-corrected chi connectivity index (χ1v) is 9.75. The fourth-order valence-electron chi connectivity index (χ4n) is 4.08. The molecule has 2 saturated heterocycles. The molecule has 3 heterocycles. The van der Waals surface area contributed by atoms with E-state index < -0.39 is 0 Å². The molecule has 0 aromatic carbocycles. The van der Waals surface area contributed by atoms with E-state index in [4.69, 9.17) is 10.2 Å². The second-order valence-corrected chi connectivity index (χ2v) is 7.24. The van der Waals surface area contributed by atoms with Crippen LogP contribution in [0.2, 0.25) is 0 Å². The van der Waals surface area contributed by atoms with E-state index in [1.165, 1.54) is 32.2 Å². The lowest BCUT2D eigenvalue weighted by Gasteiger charge is -2.25. The molecule has 0 spiro atoms. The Hall–Kier alpha value is -0.800. The highest BCUT2D eigenvalue weighted by Gasteiger charge is 2.26. The van der Waals surface area contributed by atoms with Crippen molar-refractivity contribution in [3.8, 4) is 0 Å². The summed E-state index contributed by atoms with van der Waals surface area (Å²) < 4.78 is 5.88. The van der Waals surface area contributed by atoms with Crippen LogP contribution in [0.4, 0.5) is 0 Å². The molecule has 0 radical (unpaired) electrons. The first-order chi connectivity index (χ1) is 12.2. The number of likely N-dealkylation sites (tertiary alicyclic amines) is 2. The molecule has 2 atom stereocenters. The molecular formula is C19H34IN5O. The number of aliphatic imine (C=N–C) groups is 1. The minimum Gasteiger partial charge on any atom is -0.465 e. The lowest BCUT2D eigenvalue weighted by molar-refractivity contribution is 0.219. The van der Waals surface area contributed by atoms with Crippen LogP contribution in [0.5, 0.6) is 0 Å². The molecule has 1 aromatic rings. The molecule has 0 amide bonds. The van der Waals surface area contributed by atoms with Crippen molar-refractivity contribution in [2.75, 3.05) is 39.3 Å². The van der Waals surface area contributed by atoms with Crippen LogP contribution in [-0.4, -0.2) is 61.1 Å². The maximum absolute atomic E-state index is 6.14. The predicted molar refractivity (Wildman–Crippen MR) is 117 cm³/mol. The largest absolute Gasteiger partial charge is 0.465 e. The van der Waals surface area contributed by atoms with Crippen molar-refractivity contribution in [3.63, 3.8) is 0 Å². The lowest BCUT2D eigenvalue weighted by Crippen LogP contribution is -2.43. The zero-order valence-corrected chi connectivity index (χ0v) is 18.4. The van der Waals surface area contributed by atoms with Crippen LogP contribution in [-0.2, 0) is 0 Å². The first kappa shape index (κ1) is 21.5. The Morgan fingerprint density at radius 2 is 2.08 bits per heavy atom. The number of hydrogen-bond acceptors (Lipinski definition) is 4. The Labute approximate surface area is 174 Å². The number of guanidine groups is 1. The molecule has 0 saturated carbocycles. The molecule has 1 aromatic heterocycles. The van der Waals surface area contributed by atoms with Crippen LogP contribution in [0.25, 0.3) is 0 Å². The highest BCUT2D eigenvalue weighted by molar-refractivity contribution is 14.0.